The van der Waals surface area contributed by atoms with Gasteiger partial charge in [-0.1, -0.05) is 0 Å². The van der Waals surface area contributed by atoms with Crippen molar-refractivity contribution in [2.24, 2.45) is 0 Å². The Hall–Kier alpha value is -2.04. The number of benzene rings is 1. The van der Waals surface area contributed by atoms with Gasteiger partial charge in [0.05, 0.1) is 0 Å². The molecule has 1 atom stereocenters. The molecular weight excluding hydrogens is 266 g/mol. The summed E-state index contributed by atoms with van der Waals surface area (Å²) in [5, 5.41) is 6.27. The molecule has 0 bridgehead atoms. The van der Waals surface area contributed by atoms with Crippen LogP contribution in [-0.2, 0) is 11.2 Å². The molecule has 1 aromatic rings. The molecule has 1 aromatic carbocycles. The Bertz CT molecular complexity index is 571. The third-order valence-electron chi connectivity index (χ3n) is 4.12. The van der Waals surface area contributed by atoms with E-state index < -0.39 is 0 Å². The van der Waals surface area contributed by atoms with E-state index in [1.807, 2.05) is 30.0 Å². The summed E-state index contributed by atoms with van der Waals surface area (Å²) >= 11 is 0. The van der Waals surface area contributed by atoms with Gasteiger partial charge in [-0.15, -0.1) is 0 Å². The highest BCUT2D eigenvalue weighted by molar-refractivity contribution is 5.95. The smallest absolute Gasteiger partial charge is 0.251 e. The molecule has 21 heavy (non-hydrogen) atoms. The normalized spacial score (nSPS) is 18.3. The summed E-state index contributed by atoms with van der Waals surface area (Å²) in [4.78, 5) is 25.7. The van der Waals surface area contributed by atoms with Crippen molar-refractivity contribution in [2.45, 2.75) is 32.2 Å². The van der Waals surface area contributed by atoms with Crippen molar-refractivity contribution in [2.75, 3.05) is 25.0 Å². The van der Waals surface area contributed by atoms with E-state index in [1.54, 1.807) is 0 Å². The van der Waals surface area contributed by atoms with Gasteiger partial charge in [-0.3, -0.25) is 9.59 Å². The topological polar surface area (TPSA) is 61.4 Å². The van der Waals surface area contributed by atoms with E-state index in [9.17, 15) is 9.59 Å². The molecule has 112 valence electrons. The average Bonchev–Trinajstić information content (AvgIpc) is 3.07. The maximum absolute atomic E-state index is 12.3. The van der Waals surface area contributed by atoms with Gasteiger partial charge in [0.15, 0.2) is 0 Å². The molecular formula is C16H21N3O2. The Morgan fingerprint density at radius 3 is 3.05 bits per heavy atom. The third-order valence-corrected chi connectivity index (χ3v) is 4.12. The van der Waals surface area contributed by atoms with Gasteiger partial charge >= 0.3 is 0 Å². The monoisotopic (exact) mass is 287 g/mol. The molecule has 1 saturated heterocycles. The zero-order valence-corrected chi connectivity index (χ0v) is 12.3. The van der Waals surface area contributed by atoms with Crippen molar-refractivity contribution in [1.29, 1.82) is 0 Å². The summed E-state index contributed by atoms with van der Waals surface area (Å²) in [6.07, 6.45) is 2.53. The van der Waals surface area contributed by atoms with Gasteiger partial charge in [0.1, 0.15) is 0 Å². The van der Waals surface area contributed by atoms with E-state index in [-0.39, 0.29) is 17.9 Å². The van der Waals surface area contributed by atoms with Crippen LogP contribution in [0.2, 0.25) is 0 Å². The maximum Gasteiger partial charge on any atom is 0.251 e. The molecule has 2 aliphatic rings. The lowest BCUT2D eigenvalue weighted by atomic mass is 10.1. The van der Waals surface area contributed by atoms with Crippen molar-refractivity contribution in [3.8, 4) is 0 Å². The van der Waals surface area contributed by atoms with Crippen LogP contribution in [0.1, 0.15) is 35.7 Å². The van der Waals surface area contributed by atoms with Gasteiger partial charge in [-0.2, -0.15) is 0 Å². The second-order valence-electron chi connectivity index (χ2n) is 5.87. The number of anilines is 1. The second kappa shape index (κ2) is 5.76. The fourth-order valence-corrected chi connectivity index (χ4v) is 3.03. The Morgan fingerprint density at radius 1 is 1.43 bits per heavy atom. The molecule has 2 amide bonds. The van der Waals surface area contributed by atoms with Crippen LogP contribution < -0.4 is 10.6 Å². The molecule has 0 aromatic heterocycles. The number of nitrogens with zero attached hydrogens (tertiary/aromatic N) is 1. The van der Waals surface area contributed by atoms with E-state index in [2.05, 4.69) is 10.6 Å². The summed E-state index contributed by atoms with van der Waals surface area (Å²) in [6.45, 7) is 4.28. The molecule has 1 unspecified atom stereocenters. The highest BCUT2D eigenvalue weighted by Crippen LogP contribution is 2.23. The zero-order chi connectivity index (χ0) is 14.8. The van der Waals surface area contributed by atoms with Gasteiger partial charge in [0, 0.05) is 43.3 Å². The van der Waals surface area contributed by atoms with Crippen LogP contribution in [0, 0.1) is 0 Å². The van der Waals surface area contributed by atoms with Gasteiger partial charge < -0.3 is 15.5 Å². The zero-order valence-electron chi connectivity index (χ0n) is 12.3. The number of hydrogen-bond acceptors (Lipinski definition) is 3. The molecule has 0 saturated carbocycles. The van der Waals surface area contributed by atoms with Crippen LogP contribution in [0.15, 0.2) is 18.2 Å². The van der Waals surface area contributed by atoms with Gasteiger partial charge in [0.25, 0.3) is 5.91 Å². The second-order valence-corrected chi connectivity index (χ2v) is 5.87. The lowest BCUT2D eigenvalue weighted by Gasteiger charge is -2.21. The SMILES string of the molecule is CC(CN1CCCC1=O)NC(=O)c1ccc2c(c1)CCN2. The number of likely N-dealkylation sites (tertiary alicyclic amines) is 1. The van der Waals surface area contributed by atoms with Crippen molar-refractivity contribution < 1.29 is 9.59 Å². The molecule has 1 fully saturated rings. The Kier molecular flexibility index (Phi) is 3.82. The summed E-state index contributed by atoms with van der Waals surface area (Å²) in [5.74, 6) is 0.128. The molecule has 5 nitrogen and oxygen atoms in total. The van der Waals surface area contributed by atoms with Crippen molar-refractivity contribution in [3.05, 3.63) is 29.3 Å². The van der Waals surface area contributed by atoms with Crippen molar-refractivity contribution in [1.82, 2.24) is 10.2 Å². The number of carbonyl (C=O) groups is 2. The largest absolute Gasteiger partial charge is 0.384 e. The fourth-order valence-electron chi connectivity index (χ4n) is 3.03. The number of hydrogen-bond donors (Lipinski definition) is 2. The van der Waals surface area contributed by atoms with E-state index in [0.717, 1.165) is 31.6 Å². The molecule has 5 heteroatoms. The lowest BCUT2D eigenvalue weighted by molar-refractivity contribution is -0.127. The molecule has 0 aliphatic carbocycles. The minimum Gasteiger partial charge on any atom is -0.384 e. The van der Waals surface area contributed by atoms with E-state index in [4.69, 9.17) is 0 Å². The van der Waals surface area contributed by atoms with E-state index in [0.29, 0.717) is 18.5 Å². The average molecular weight is 287 g/mol. The number of fused-ring (bicyclic) bond motifs is 1. The fraction of sp³-hybridized carbons (Fsp3) is 0.500. The Balaban J connectivity index is 1.59. The highest BCUT2D eigenvalue weighted by Gasteiger charge is 2.22. The van der Waals surface area contributed by atoms with E-state index in [1.165, 1.54) is 5.56 Å². The van der Waals surface area contributed by atoms with Gasteiger partial charge in [-0.05, 0) is 43.5 Å². The minimum atomic E-state index is -0.0659. The Labute approximate surface area is 124 Å². The first-order valence-electron chi connectivity index (χ1n) is 7.59. The molecule has 2 N–H and O–H groups in total. The predicted octanol–water partition coefficient (Wildman–Crippen LogP) is 1.40. The minimum absolute atomic E-state index is 0.0362. The number of rotatable bonds is 4. The number of carbonyl (C=O) groups excluding carboxylic acids is 2. The molecule has 2 aliphatic heterocycles. The summed E-state index contributed by atoms with van der Waals surface area (Å²) in [5.41, 5.74) is 3.02. The standard InChI is InChI=1S/C16H21N3O2/c1-11(10-19-8-2-3-15(19)20)18-16(21)13-4-5-14-12(9-13)6-7-17-14/h4-5,9,11,17H,2-3,6-8,10H2,1H3,(H,18,21). The van der Waals surface area contributed by atoms with E-state index >= 15 is 0 Å². The molecule has 3 rings (SSSR count). The van der Waals surface area contributed by atoms with Crippen LogP contribution in [0.3, 0.4) is 0 Å². The van der Waals surface area contributed by atoms with Crippen LogP contribution in [0.25, 0.3) is 0 Å². The molecule has 0 radical (unpaired) electrons. The van der Waals surface area contributed by atoms with Crippen molar-refractivity contribution in [3.63, 3.8) is 0 Å². The predicted molar refractivity (Wildman–Crippen MR) is 81.4 cm³/mol. The van der Waals surface area contributed by atoms with Crippen molar-refractivity contribution >= 4 is 17.5 Å². The maximum atomic E-state index is 12.3. The highest BCUT2D eigenvalue weighted by atomic mass is 16.2. The van der Waals surface area contributed by atoms with Crippen LogP contribution in [-0.4, -0.2) is 42.4 Å². The molecule has 2 heterocycles. The van der Waals surface area contributed by atoms with Gasteiger partial charge in [-0.25, -0.2) is 0 Å². The van der Waals surface area contributed by atoms with Crippen LogP contribution in [0.4, 0.5) is 5.69 Å². The molecule has 0 spiro atoms. The summed E-state index contributed by atoms with van der Waals surface area (Å²) in [7, 11) is 0. The quantitative estimate of drug-likeness (QED) is 0.880. The summed E-state index contributed by atoms with van der Waals surface area (Å²) in [6, 6.07) is 5.73. The Morgan fingerprint density at radius 2 is 2.29 bits per heavy atom. The van der Waals surface area contributed by atoms with Gasteiger partial charge in [0.2, 0.25) is 5.91 Å². The first-order valence-corrected chi connectivity index (χ1v) is 7.59. The third kappa shape index (κ3) is 3.01. The van der Waals surface area contributed by atoms with Crippen LogP contribution in [0.5, 0.6) is 0 Å². The first-order chi connectivity index (χ1) is 10.1. The lowest BCUT2D eigenvalue weighted by Crippen LogP contribution is -2.42. The summed E-state index contributed by atoms with van der Waals surface area (Å²) < 4.78 is 0. The van der Waals surface area contributed by atoms with Crippen LogP contribution >= 0.6 is 0 Å². The number of amides is 2. The first kappa shape index (κ1) is 13.9. The number of nitrogens with one attached hydrogen (secondary N) is 2.